The maximum atomic E-state index is 5.35. The lowest BCUT2D eigenvalue weighted by Gasteiger charge is -2.18. The van der Waals surface area contributed by atoms with Crippen LogP contribution in [0.4, 0.5) is 11.4 Å². The number of nitrogens with zero attached hydrogens (tertiary/aromatic N) is 3. The molecule has 0 spiro atoms. The Morgan fingerprint density at radius 1 is 1.21 bits per heavy atom. The van der Waals surface area contributed by atoms with Crippen LogP contribution < -0.4 is 5.32 Å². The number of hydrogen-bond acceptors (Lipinski definition) is 7. The largest absolute Gasteiger partial charge is 0.380 e. The van der Waals surface area contributed by atoms with E-state index >= 15 is 0 Å². The minimum atomic E-state index is 0.694. The van der Waals surface area contributed by atoms with Crippen LogP contribution in [0.3, 0.4) is 0 Å². The molecule has 1 fully saturated rings. The van der Waals surface area contributed by atoms with Gasteiger partial charge in [-0.25, -0.2) is 9.97 Å². The molecule has 1 aromatic carbocycles. The second kappa shape index (κ2) is 9.63. The number of aromatic nitrogens is 2. The van der Waals surface area contributed by atoms with E-state index in [0.717, 1.165) is 40.3 Å². The molecule has 4 heterocycles. The minimum Gasteiger partial charge on any atom is -0.380 e. The van der Waals surface area contributed by atoms with Crippen LogP contribution in [-0.2, 0) is 4.74 Å². The normalized spacial score (nSPS) is 16.8. The topological polar surface area (TPSA) is 50.3 Å². The number of fused-ring (bicyclic) bond motifs is 2. The van der Waals surface area contributed by atoms with Crippen molar-refractivity contribution in [2.75, 3.05) is 32.1 Å². The SMILES string of the molecule is CCOCC1CCCN1C.c1cc(Nc2ccc3scnc3c2)c2ccsc2n1. The zero-order valence-corrected chi connectivity index (χ0v) is 18.4. The zero-order chi connectivity index (χ0) is 20.1. The van der Waals surface area contributed by atoms with Gasteiger partial charge >= 0.3 is 0 Å². The minimum absolute atomic E-state index is 0.694. The highest BCUT2D eigenvalue weighted by atomic mass is 32.1. The Labute approximate surface area is 179 Å². The van der Waals surface area contributed by atoms with Gasteiger partial charge in [0.1, 0.15) is 4.83 Å². The molecule has 1 N–H and O–H groups in total. The average Bonchev–Trinajstić information content (AvgIpc) is 3.47. The smallest absolute Gasteiger partial charge is 0.125 e. The van der Waals surface area contributed by atoms with Gasteiger partial charge in [-0.15, -0.1) is 22.7 Å². The van der Waals surface area contributed by atoms with Gasteiger partial charge in [-0.1, -0.05) is 0 Å². The van der Waals surface area contributed by atoms with Gasteiger partial charge < -0.3 is 15.0 Å². The molecule has 1 atom stereocenters. The van der Waals surface area contributed by atoms with Crippen molar-refractivity contribution in [3.8, 4) is 0 Å². The Kier molecular flexibility index (Phi) is 6.71. The molecule has 1 aliphatic heterocycles. The number of hydrogen-bond donors (Lipinski definition) is 1. The van der Waals surface area contributed by atoms with Crippen LogP contribution in [0.5, 0.6) is 0 Å². The predicted molar refractivity (Wildman–Crippen MR) is 125 cm³/mol. The van der Waals surface area contributed by atoms with Gasteiger partial charge in [0.05, 0.1) is 28.0 Å². The molecule has 0 amide bonds. The summed E-state index contributed by atoms with van der Waals surface area (Å²) in [7, 11) is 2.18. The molecular weight excluding hydrogens is 400 g/mol. The van der Waals surface area contributed by atoms with Crippen LogP contribution >= 0.6 is 22.7 Å². The molecule has 0 bridgehead atoms. The molecule has 3 aromatic heterocycles. The summed E-state index contributed by atoms with van der Waals surface area (Å²) in [5, 5.41) is 6.67. The van der Waals surface area contributed by atoms with Crippen molar-refractivity contribution in [1.82, 2.24) is 14.9 Å². The number of nitrogens with one attached hydrogen (secondary N) is 1. The maximum absolute atomic E-state index is 5.35. The molecule has 1 saturated heterocycles. The molecule has 1 aliphatic rings. The lowest BCUT2D eigenvalue weighted by Crippen LogP contribution is -2.29. The fraction of sp³-hybridized carbons (Fsp3) is 0.364. The Bertz CT molecular complexity index is 1060. The lowest BCUT2D eigenvalue weighted by atomic mass is 10.2. The fourth-order valence-corrected chi connectivity index (χ4v) is 4.94. The highest BCUT2D eigenvalue weighted by molar-refractivity contribution is 7.17. The number of likely N-dealkylation sites (N-methyl/N-ethyl adjacent to an activating group) is 1. The van der Waals surface area contributed by atoms with Gasteiger partial charge in [-0.2, -0.15) is 0 Å². The van der Waals surface area contributed by atoms with Crippen molar-refractivity contribution in [2.24, 2.45) is 0 Å². The summed E-state index contributed by atoms with van der Waals surface area (Å²) in [5.41, 5.74) is 5.04. The van der Waals surface area contributed by atoms with Gasteiger partial charge in [-0.05, 0) is 69.1 Å². The van der Waals surface area contributed by atoms with E-state index in [4.69, 9.17) is 4.74 Å². The van der Waals surface area contributed by atoms with Gasteiger partial charge in [-0.3, -0.25) is 0 Å². The molecule has 0 aliphatic carbocycles. The first-order valence-corrected chi connectivity index (χ1v) is 11.7. The molecule has 5 rings (SSSR count). The summed E-state index contributed by atoms with van der Waals surface area (Å²) in [5.74, 6) is 0. The molecule has 5 nitrogen and oxygen atoms in total. The van der Waals surface area contributed by atoms with Gasteiger partial charge in [0.25, 0.3) is 0 Å². The number of thiazole rings is 1. The second-order valence-electron chi connectivity index (χ2n) is 7.09. The number of rotatable bonds is 5. The third-order valence-electron chi connectivity index (χ3n) is 5.16. The highest BCUT2D eigenvalue weighted by Crippen LogP contribution is 2.29. The van der Waals surface area contributed by atoms with Crippen LogP contribution in [0, 0.1) is 0 Å². The third kappa shape index (κ3) is 4.93. The van der Waals surface area contributed by atoms with Crippen molar-refractivity contribution in [1.29, 1.82) is 0 Å². The predicted octanol–water partition coefficient (Wildman–Crippen LogP) is 5.77. The van der Waals surface area contributed by atoms with Crippen LogP contribution in [0.25, 0.3) is 20.4 Å². The molecule has 0 radical (unpaired) electrons. The van der Waals surface area contributed by atoms with Crippen molar-refractivity contribution >= 4 is 54.5 Å². The van der Waals surface area contributed by atoms with E-state index < -0.39 is 0 Å². The molecule has 152 valence electrons. The van der Waals surface area contributed by atoms with E-state index in [1.54, 1.807) is 22.7 Å². The fourth-order valence-electron chi connectivity index (χ4n) is 3.52. The first-order chi connectivity index (χ1) is 14.2. The summed E-state index contributed by atoms with van der Waals surface area (Å²) in [4.78, 5) is 12.1. The average molecular weight is 427 g/mol. The summed E-state index contributed by atoms with van der Waals surface area (Å²) in [6.45, 7) is 5.07. The van der Waals surface area contributed by atoms with E-state index in [0.29, 0.717) is 6.04 Å². The molecular formula is C22H26N4OS2. The zero-order valence-electron chi connectivity index (χ0n) is 16.8. The molecule has 7 heteroatoms. The monoisotopic (exact) mass is 426 g/mol. The van der Waals surface area contributed by atoms with E-state index in [9.17, 15) is 0 Å². The summed E-state index contributed by atoms with van der Waals surface area (Å²) < 4.78 is 6.56. The highest BCUT2D eigenvalue weighted by Gasteiger charge is 2.20. The van der Waals surface area contributed by atoms with Crippen molar-refractivity contribution < 1.29 is 4.74 Å². The number of thiophene rings is 1. The van der Waals surface area contributed by atoms with E-state index in [1.807, 2.05) is 17.8 Å². The van der Waals surface area contributed by atoms with Crippen LogP contribution in [0.2, 0.25) is 0 Å². The molecule has 0 saturated carbocycles. The Balaban J connectivity index is 0.000000174. The Morgan fingerprint density at radius 2 is 2.14 bits per heavy atom. The number of benzene rings is 1. The van der Waals surface area contributed by atoms with Gasteiger partial charge in [0.15, 0.2) is 0 Å². The number of pyridine rings is 1. The Hall–Kier alpha value is -2.06. The molecule has 4 aromatic rings. The standard InChI is InChI=1S/C14H9N3S2.C8H17NO/c1-2-13-12(16-8-19-13)7-9(1)17-11-3-5-15-14-10(11)4-6-18-14;1-3-10-7-8-5-4-6-9(8)2/h1-8H,(H,15,17);8H,3-7H2,1-2H3. The second-order valence-corrected chi connectivity index (χ2v) is 8.87. The van der Waals surface area contributed by atoms with Crippen LogP contribution in [0.15, 0.2) is 47.4 Å². The third-order valence-corrected chi connectivity index (χ3v) is 6.79. The number of anilines is 2. The van der Waals surface area contributed by atoms with Crippen LogP contribution in [-0.4, -0.2) is 47.7 Å². The van der Waals surface area contributed by atoms with Crippen molar-refractivity contribution in [3.63, 3.8) is 0 Å². The maximum Gasteiger partial charge on any atom is 0.125 e. The number of likely N-dealkylation sites (tertiary alicyclic amines) is 1. The number of ether oxygens (including phenoxy) is 1. The van der Waals surface area contributed by atoms with E-state index in [2.05, 4.69) is 63.8 Å². The van der Waals surface area contributed by atoms with Gasteiger partial charge in [0, 0.05) is 29.9 Å². The van der Waals surface area contributed by atoms with E-state index in [1.165, 1.54) is 24.1 Å². The van der Waals surface area contributed by atoms with E-state index in [-0.39, 0.29) is 0 Å². The lowest BCUT2D eigenvalue weighted by molar-refractivity contribution is 0.0950. The quantitative estimate of drug-likeness (QED) is 0.439. The van der Waals surface area contributed by atoms with Gasteiger partial charge in [0.2, 0.25) is 0 Å². The van der Waals surface area contributed by atoms with Crippen LogP contribution in [0.1, 0.15) is 19.8 Å². The molecule has 29 heavy (non-hydrogen) atoms. The summed E-state index contributed by atoms with van der Waals surface area (Å²) >= 11 is 3.31. The summed E-state index contributed by atoms with van der Waals surface area (Å²) in [6.07, 6.45) is 4.49. The van der Waals surface area contributed by atoms with Crippen molar-refractivity contribution in [3.05, 3.63) is 47.4 Å². The summed E-state index contributed by atoms with van der Waals surface area (Å²) in [6, 6.07) is 11.0. The first-order valence-electron chi connectivity index (χ1n) is 9.95. The molecule has 1 unspecified atom stereocenters. The Morgan fingerprint density at radius 3 is 2.97 bits per heavy atom. The van der Waals surface area contributed by atoms with Crippen molar-refractivity contribution in [2.45, 2.75) is 25.8 Å². The first kappa shape index (κ1) is 20.2.